The van der Waals surface area contributed by atoms with Crippen molar-refractivity contribution in [2.45, 2.75) is 0 Å². The summed E-state index contributed by atoms with van der Waals surface area (Å²) in [5.41, 5.74) is 3.71. The smallest absolute Gasteiger partial charge is 0.0731 e. The van der Waals surface area contributed by atoms with E-state index in [1.54, 1.807) is 0 Å². The van der Waals surface area contributed by atoms with E-state index < -0.39 is 0 Å². The van der Waals surface area contributed by atoms with Gasteiger partial charge >= 0.3 is 0 Å². The molecule has 31 heavy (non-hydrogen) atoms. The first-order valence-corrected chi connectivity index (χ1v) is 11.9. The van der Waals surface area contributed by atoms with Gasteiger partial charge in [0.2, 0.25) is 0 Å². The molecule has 0 unspecified atom stereocenters. The van der Waals surface area contributed by atoms with Gasteiger partial charge in [0.15, 0.2) is 0 Å². The van der Waals surface area contributed by atoms with Crippen LogP contribution in [0.5, 0.6) is 0 Å². The maximum atomic E-state index is 3.93. The van der Waals surface area contributed by atoms with Gasteiger partial charge in [0.1, 0.15) is 0 Å². The lowest BCUT2D eigenvalue weighted by Gasteiger charge is -2.10. The third kappa shape index (κ3) is 2.42. The van der Waals surface area contributed by atoms with Crippen molar-refractivity contribution in [2.75, 3.05) is 0 Å². The zero-order valence-corrected chi connectivity index (χ0v) is 18.9. The minimum atomic E-state index is 1.15. The van der Waals surface area contributed by atoms with Crippen molar-refractivity contribution in [2.24, 2.45) is 0 Å². The predicted octanol–water partition coefficient (Wildman–Crippen LogP) is 9.07. The summed E-state index contributed by atoms with van der Waals surface area (Å²) in [5.74, 6) is 0. The minimum absolute atomic E-state index is 1.15. The van der Waals surface area contributed by atoms with Crippen LogP contribution in [0.15, 0.2) is 102 Å². The zero-order chi connectivity index (χ0) is 20.5. The average molecular weight is 478 g/mol. The topological polar surface area (TPSA) is 4.93 Å². The van der Waals surface area contributed by atoms with Gasteiger partial charge in [0, 0.05) is 36.4 Å². The monoisotopic (exact) mass is 477 g/mol. The highest BCUT2D eigenvalue weighted by atomic mass is 79.9. The normalized spacial score (nSPS) is 12.0. The Morgan fingerprint density at radius 3 is 2.29 bits per heavy atom. The number of aromatic nitrogens is 1. The first kappa shape index (κ1) is 17.5. The van der Waals surface area contributed by atoms with Crippen LogP contribution in [0.3, 0.4) is 0 Å². The Hall–Kier alpha value is -3.14. The summed E-state index contributed by atoms with van der Waals surface area (Å²) in [4.78, 5) is 0. The van der Waals surface area contributed by atoms with Crippen LogP contribution in [-0.4, -0.2) is 4.57 Å². The average Bonchev–Trinajstić information content (AvgIpc) is 3.35. The van der Waals surface area contributed by atoms with Crippen molar-refractivity contribution < 1.29 is 0 Å². The number of hydrogen-bond acceptors (Lipinski definition) is 1. The van der Waals surface area contributed by atoms with Crippen LogP contribution in [0.1, 0.15) is 0 Å². The number of benzene rings is 5. The molecule has 0 bridgehead atoms. The van der Waals surface area contributed by atoms with E-state index in [1.807, 2.05) is 11.3 Å². The lowest BCUT2D eigenvalue weighted by Crippen LogP contribution is -1.94. The first-order valence-electron chi connectivity index (χ1n) is 10.3. The molecular weight excluding hydrogens is 462 g/mol. The maximum Gasteiger partial charge on any atom is 0.0731 e. The number of nitrogens with zero attached hydrogens (tertiary/aromatic N) is 1. The van der Waals surface area contributed by atoms with Gasteiger partial charge in [-0.05, 0) is 41.1 Å². The van der Waals surface area contributed by atoms with Crippen molar-refractivity contribution in [3.63, 3.8) is 0 Å². The van der Waals surface area contributed by atoms with Crippen LogP contribution in [0.2, 0.25) is 0 Å². The first-order chi connectivity index (χ1) is 15.3. The zero-order valence-electron chi connectivity index (χ0n) is 16.5. The van der Waals surface area contributed by atoms with E-state index in [9.17, 15) is 0 Å². The fraction of sp³-hybridized carbons (Fsp3) is 0. The summed E-state index contributed by atoms with van der Waals surface area (Å²) in [6, 6.07) is 35.1. The molecule has 2 aromatic heterocycles. The molecule has 3 heteroatoms. The summed E-state index contributed by atoms with van der Waals surface area (Å²) in [5, 5.41) is 7.71. The molecule has 1 nitrogen and oxygen atoms in total. The van der Waals surface area contributed by atoms with Crippen LogP contribution < -0.4 is 0 Å². The molecule has 0 fully saturated rings. The van der Waals surface area contributed by atoms with Gasteiger partial charge in [0.25, 0.3) is 0 Å². The molecule has 0 amide bonds. The van der Waals surface area contributed by atoms with E-state index in [0.717, 1.165) is 4.47 Å². The molecule has 0 aliphatic carbocycles. The molecule has 146 valence electrons. The Bertz CT molecular complexity index is 1810. The molecule has 0 spiro atoms. The largest absolute Gasteiger partial charge is 0.308 e. The second-order valence-corrected chi connectivity index (χ2v) is 9.85. The molecule has 2 heterocycles. The molecule has 7 rings (SSSR count). The molecule has 5 aromatic carbocycles. The van der Waals surface area contributed by atoms with Crippen molar-refractivity contribution in [3.05, 3.63) is 102 Å². The van der Waals surface area contributed by atoms with Crippen molar-refractivity contribution in [1.29, 1.82) is 0 Å². The summed E-state index contributed by atoms with van der Waals surface area (Å²) >= 11 is 5.81. The quantitative estimate of drug-likeness (QED) is 0.222. The van der Waals surface area contributed by atoms with E-state index in [-0.39, 0.29) is 0 Å². The number of hydrogen-bond donors (Lipinski definition) is 0. The maximum absolute atomic E-state index is 3.93. The Balaban J connectivity index is 1.74. The van der Waals surface area contributed by atoms with Gasteiger partial charge < -0.3 is 4.57 Å². The number of halogens is 1. The summed E-state index contributed by atoms with van der Waals surface area (Å²) in [6.07, 6.45) is 0. The summed E-state index contributed by atoms with van der Waals surface area (Å²) in [6.45, 7) is 0. The van der Waals surface area contributed by atoms with Crippen LogP contribution in [0.25, 0.3) is 58.4 Å². The fourth-order valence-electron chi connectivity index (χ4n) is 4.86. The van der Waals surface area contributed by atoms with Gasteiger partial charge in [-0.25, -0.2) is 0 Å². The summed E-state index contributed by atoms with van der Waals surface area (Å²) in [7, 11) is 0. The number of thiophene rings is 1. The highest BCUT2D eigenvalue weighted by Gasteiger charge is 2.20. The Morgan fingerprint density at radius 1 is 0.645 bits per heavy atom. The lowest BCUT2D eigenvalue weighted by molar-refractivity contribution is 1.19. The standard InChI is InChI=1S/C28H16BrNS/c29-23-16-22-20-9-4-6-12-25(20)31-28(22)27-26(23)21-10-3-5-11-24(21)30(27)19-14-13-17-7-1-2-8-18(17)15-19/h1-16H. The molecule has 7 aromatic rings. The van der Waals surface area contributed by atoms with Crippen molar-refractivity contribution in [1.82, 2.24) is 4.57 Å². The van der Waals surface area contributed by atoms with E-state index in [0.29, 0.717) is 0 Å². The van der Waals surface area contributed by atoms with E-state index >= 15 is 0 Å². The van der Waals surface area contributed by atoms with Crippen LogP contribution in [0, 0.1) is 0 Å². The Morgan fingerprint density at radius 2 is 1.39 bits per heavy atom. The molecule has 0 aliphatic heterocycles. The molecule has 0 aliphatic rings. The van der Waals surface area contributed by atoms with Gasteiger partial charge in [-0.2, -0.15) is 0 Å². The van der Waals surface area contributed by atoms with Gasteiger partial charge in [-0.3, -0.25) is 0 Å². The SMILES string of the molecule is Brc1cc2c3ccccc3sc2c2c1c1ccccc1n2-c1ccc2ccccc2c1. The van der Waals surface area contributed by atoms with Crippen molar-refractivity contribution in [3.8, 4) is 5.69 Å². The number of fused-ring (bicyclic) bond motifs is 8. The van der Waals surface area contributed by atoms with E-state index in [1.165, 1.54) is 58.4 Å². The van der Waals surface area contributed by atoms with Gasteiger partial charge in [-0.1, -0.05) is 82.7 Å². The molecule has 0 saturated heterocycles. The fourth-order valence-corrected chi connectivity index (χ4v) is 6.72. The Kier molecular flexibility index (Phi) is 3.64. The second kappa shape index (κ2) is 6.43. The highest BCUT2D eigenvalue weighted by Crippen LogP contribution is 2.46. The van der Waals surface area contributed by atoms with E-state index in [2.05, 4.69) is 118 Å². The van der Waals surface area contributed by atoms with Crippen LogP contribution in [0.4, 0.5) is 0 Å². The third-order valence-corrected chi connectivity index (χ3v) is 8.04. The van der Waals surface area contributed by atoms with E-state index in [4.69, 9.17) is 0 Å². The molecule has 0 radical (unpaired) electrons. The summed E-state index contributed by atoms with van der Waals surface area (Å²) < 4.78 is 6.25. The highest BCUT2D eigenvalue weighted by molar-refractivity contribution is 9.10. The van der Waals surface area contributed by atoms with Crippen LogP contribution >= 0.6 is 27.3 Å². The predicted molar refractivity (Wildman–Crippen MR) is 139 cm³/mol. The third-order valence-electron chi connectivity index (χ3n) is 6.22. The molecular formula is C28H16BrNS. The van der Waals surface area contributed by atoms with Gasteiger partial charge in [0.05, 0.1) is 15.7 Å². The minimum Gasteiger partial charge on any atom is -0.308 e. The van der Waals surface area contributed by atoms with Gasteiger partial charge in [-0.15, -0.1) is 11.3 Å². The number of rotatable bonds is 1. The molecule has 0 N–H and O–H groups in total. The number of para-hydroxylation sites is 1. The molecule has 0 atom stereocenters. The van der Waals surface area contributed by atoms with Crippen LogP contribution in [-0.2, 0) is 0 Å². The van der Waals surface area contributed by atoms with Crippen molar-refractivity contribution >= 4 is 80.0 Å². The Labute approximate surface area is 191 Å². The molecule has 0 saturated carbocycles. The second-order valence-electron chi connectivity index (χ2n) is 7.94. The lowest BCUT2D eigenvalue weighted by atomic mass is 10.1.